The summed E-state index contributed by atoms with van der Waals surface area (Å²) in [5.74, 6) is -0.229. The van der Waals surface area contributed by atoms with E-state index in [4.69, 9.17) is 9.84 Å². The molecule has 19 heavy (non-hydrogen) atoms. The molecule has 1 fully saturated rings. The van der Waals surface area contributed by atoms with Crippen molar-refractivity contribution in [1.82, 2.24) is 10.3 Å². The van der Waals surface area contributed by atoms with Crippen molar-refractivity contribution in [2.75, 3.05) is 13.7 Å². The number of aromatic nitrogens is 1. The first-order chi connectivity index (χ1) is 9.19. The Balaban J connectivity index is 1.95. The Labute approximate surface area is 110 Å². The van der Waals surface area contributed by atoms with E-state index < -0.39 is 5.97 Å². The van der Waals surface area contributed by atoms with Gasteiger partial charge in [0.25, 0.3) is 0 Å². The second kappa shape index (κ2) is 4.59. The highest BCUT2D eigenvalue weighted by Crippen LogP contribution is 2.33. The highest BCUT2D eigenvalue weighted by atomic mass is 16.5. The highest BCUT2D eigenvalue weighted by Gasteiger charge is 2.30. The van der Waals surface area contributed by atoms with E-state index >= 15 is 0 Å². The summed E-state index contributed by atoms with van der Waals surface area (Å²) >= 11 is 0. The molecule has 0 amide bonds. The van der Waals surface area contributed by atoms with Crippen LogP contribution in [0.2, 0.25) is 0 Å². The summed E-state index contributed by atoms with van der Waals surface area (Å²) in [4.78, 5) is 14.2. The molecule has 0 radical (unpaired) electrons. The molecule has 2 heterocycles. The van der Waals surface area contributed by atoms with Crippen LogP contribution in [0.5, 0.6) is 5.75 Å². The summed E-state index contributed by atoms with van der Waals surface area (Å²) in [5, 5.41) is 13.3. The molecule has 2 aromatic rings. The van der Waals surface area contributed by atoms with Crippen LogP contribution in [0.25, 0.3) is 10.9 Å². The number of carboxylic acid groups (broad SMARTS) is 1. The first-order valence-corrected chi connectivity index (χ1v) is 6.30. The molecule has 0 bridgehead atoms. The molecule has 3 rings (SSSR count). The Bertz CT molecular complexity index is 620. The molecule has 2 unspecified atom stereocenters. The third-order valence-electron chi connectivity index (χ3n) is 3.76. The number of H-pyrrole nitrogens is 1. The van der Waals surface area contributed by atoms with E-state index in [1.54, 1.807) is 7.11 Å². The van der Waals surface area contributed by atoms with E-state index in [0.717, 1.165) is 22.2 Å². The van der Waals surface area contributed by atoms with Crippen LogP contribution in [0.4, 0.5) is 0 Å². The Morgan fingerprint density at radius 2 is 2.32 bits per heavy atom. The molecule has 1 aliphatic rings. The van der Waals surface area contributed by atoms with Crippen LogP contribution in [0.1, 0.15) is 18.0 Å². The number of fused-ring (bicyclic) bond motifs is 1. The standard InChI is InChI=1S/C14H16N2O3/c1-19-13-6-8(4-12-10(13)2-3-15-12)11-5-9(7-16-11)14(17)18/h2-4,6,9,11,15-16H,5,7H2,1H3,(H,17,18). The van der Waals surface area contributed by atoms with Gasteiger partial charge in [0.2, 0.25) is 0 Å². The number of hydrogen-bond donors (Lipinski definition) is 3. The SMILES string of the molecule is COc1cc(C2CC(C(=O)O)CN2)cc2[nH]ccc12. The highest BCUT2D eigenvalue weighted by molar-refractivity contribution is 5.86. The molecule has 5 heteroatoms. The fourth-order valence-corrected chi connectivity index (χ4v) is 2.70. The lowest BCUT2D eigenvalue weighted by Crippen LogP contribution is -2.17. The van der Waals surface area contributed by atoms with Gasteiger partial charge in [0, 0.05) is 29.7 Å². The number of hydrogen-bond acceptors (Lipinski definition) is 3. The van der Waals surface area contributed by atoms with Crippen LogP contribution in [0.3, 0.4) is 0 Å². The number of nitrogens with one attached hydrogen (secondary N) is 2. The molecule has 1 aromatic carbocycles. The summed E-state index contributed by atoms with van der Waals surface area (Å²) < 4.78 is 5.40. The Morgan fingerprint density at radius 1 is 1.47 bits per heavy atom. The van der Waals surface area contributed by atoms with Crippen LogP contribution < -0.4 is 10.1 Å². The van der Waals surface area contributed by atoms with E-state index in [1.165, 1.54) is 0 Å². The van der Waals surface area contributed by atoms with Crippen LogP contribution in [0.15, 0.2) is 24.4 Å². The van der Waals surface area contributed by atoms with E-state index in [2.05, 4.69) is 16.4 Å². The summed E-state index contributed by atoms with van der Waals surface area (Å²) in [7, 11) is 1.65. The molecular formula is C14H16N2O3. The predicted octanol–water partition coefficient (Wildman–Crippen LogP) is 1.91. The minimum absolute atomic E-state index is 0.0719. The van der Waals surface area contributed by atoms with E-state index in [9.17, 15) is 4.79 Å². The molecule has 0 aliphatic carbocycles. The zero-order valence-electron chi connectivity index (χ0n) is 10.6. The zero-order chi connectivity index (χ0) is 13.4. The number of methoxy groups -OCH3 is 1. The topological polar surface area (TPSA) is 74.3 Å². The maximum absolute atomic E-state index is 11.0. The van der Waals surface area contributed by atoms with Crippen molar-refractivity contribution >= 4 is 16.9 Å². The Kier molecular flexibility index (Phi) is 2.91. The second-order valence-corrected chi connectivity index (χ2v) is 4.89. The van der Waals surface area contributed by atoms with Crippen LogP contribution >= 0.6 is 0 Å². The molecule has 1 aromatic heterocycles. The Hall–Kier alpha value is -2.01. The van der Waals surface area contributed by atoms with Crippen molar-refractivity contribution in [2.45, 2.75) is 12.5 Å². The van der Waals surface area contributed by atoms with Crippen molar-refractivity contribution in [3.05, 3.63) is 30.0 Å². The van der Waals surface area contributed by atoms with Gasteiger partial charge < -0.3 is 20.1 Å². The third kappa shape index (κ3) is 2.06. The maximum Gasteiger partial charge on any atom is 0.307 e. The fraction of sp³-hybridized carbons (Fsp3) is 0.357. The van der Waals surface area contributed by atoms with E-state index in [1.807, 2.05) is 18.3 Å². The maximum atomic E-state index is 11.0. The first kappa shape index (κ1) is 12.0. The fourth-order valence-electron chi connectivity index (χ4n) is 2.70. The van der Waals surface area contributed by atoms with Crippen LogP contribution in [-0.2, 0) is 4.79 Å². The number of ether oxygens (including phenoxy) is 1. The number of carbonyl (C=O) groups is 1. The van der Waals surface area contributed by atoms with Crippen molar-refractivity contribution in [3.8, 4) is 5.75 Å². The van der Waals surface area contributed by atoms with Gasteiger partial charge in [-0.05, 0) is 30.2 Å². The normalized spacial score (nSPS) is 22.8. The quantitative estimate of drug-likeness (QED) is 0.788. The smallest absolute Gasteiger partial charge is 0.307 e. The summed E-state index contributed by atoms with van der Waals surface area (Å²) in [6.45, 7) is 0.519. The summed E-state index contributed by atoms with van der Waals surface area (Å²) in [5.41, 5.74) is 2.07. The average Bonchev–Trinajstić information content (AvgIpc) is 3.05. The number of rotatable bonds is 3. The van der Waals surface area contributed by atoms with Crippen LogP contribution in [-0.4, -0.2) is 29.7 Å². The summed E-state index contributed by atoms with van der Waals surface area (Å²) in [6, 6.07) is 6.08. The third-order valence-corrected chi connectivity index (χ3v) is 3.76. The van der Waals surface area contributed by atoms with Crippen molar-refractivity contribution in [1.29, 1.82) is 0 Å². The monoisotopic (exact) mass is 260 g/mol. The van der Waals surface area contributed by atoms with E-state index in [0.29, 0.717) is 13.0 Å². The molecule has 1 aliphatic heterocycles. The second-order valence-electron chi connectivity index (χ2n) is 4.89. The number of aromatic amines is 1. The molecule has 0 spiro atoms. The number of benzene rings is 1. The van der Waals surface area contributed by atoms with Crippen molar-refractivity contribution < 1.29 is 14.6 Å². The van der Waals surface area contributed by atoms with Gasteiger partial charge in [0.1, 0.15) is 5.75 Å². The van der Waals surface area contributed by atoms with Gasteiger partial charge in [-0.3, -0.25) is 4.79 Å². The molecule has 2 atom stereocenters. The Morgan fingerprint density at radius 3 is 3.00 bits per heavy atom. The van der Waals surface area contributed by atoms with Gasteiger partial charge in [-0.2, -0.15) is 0 Å². The lowest BCUT2D eigenvalue weighted by atomic mass is 9.99. The summed E-state index contributed by atoms with van der Waals surface area (Å²) in [6.07, 6.45) is 2.49. The molecule has 5 nitrogen and oxygen atoms in total. The van der Waals surface area contributed by atoms with E-state index in [-0.39, 0.29) is 12.0 Å². The average molecular weight is 260 g/mol. The molecule has 0 saturated carbocycles. The number of carboxylic acids is 1. The number of aliphatic carboxylic acids is 1. The van der Waals surface area contributed by atoms with Gasteiger partial charge in [0.15, 0.2) is 0 Å². The largest absolute Gasteiger partial charge is 0.496 e. The van der Waals surface area contributed by atoms with Gasteiger partial charge in [-0.25, -0.2) is 0 Å². The van der Waals surface area contributed by atoms with Gasteiger partial charge in [0.05, 0.1) is 13.0 Å². The lowest BCUT2D eigenvalue weighted by Gasteiger charge is -2.13. The minimum Gasteiger partial charge on any atom is -0.496 e. The van der Waals surface area contributed by atoms with Gasteiger partial charge in [-0.1, -0.05) is 0 Å². The molecule has 3 N–H and O–H groups in total. The van der Waals surface area contributed by atoms with Gasteiger partial charge >= 0.3 is 5.97 Å². The minimum atomic E-state index is -0.733. The molecule has 100 valence electrons. The first-order valence-electron chi connectivity index (χ1n) is 6.30. The molecular weight excluding hydrogens is 244 g/mol. The lowest BCUT2D eigenvalue weighted by molar-refractivity contribution is -0.141. The van der Waals surface area contributed by atoms with Crippen molar-refractivity contribution in [2.24, 2.45) is 5.92 Å². The van der Waals surface area contributed by atoms with Crippen molar-refractivity contribution in [3.63, 3.8) is 0 Å². The predicted molar refractivity (Wildman–Crippen MR) is 71.3 cm³/mol. The zero-order valence-corrected chi connectivity index (χ0v) is 10.6. The molecule has 1 saturated heterocycles. The van der Waals surface area contributed by atoms with Crippen LogP contribution in [0, 0.1) is 5.92 Å². The van der Waals surface area contributed by atoms with Gasteiger partial charge in [-0.15, -0.1) is 0 Å².